The van der Waals surface area contributed by atoms with Crippen molar-refractivity contribution in [3.8, 4) is 11.3 Å². The maximum Gasteiger partial charge on any atom is 0.0711 e. The van der Waals surface area contributed by atoms with Crippen LogP contribution in [0.25, 0.3) is 11.3 Å². The van der Waals surface area contributed by atoms with Gasteiger partial charge in [-0.15, -0.1) is 0 Å². The first-order chi connectivity index (χ1) is 9.66. The predicted octanol–water partition coefficient (Wildman–Crippen LogP) is 3.17. The van der Waals surface area contributed by atoms with Crippen molar-refractivity contribution in [2.45, 2.75) is 32.6 Å². The highest BCUT2D eigenvalue weighted by Gasteiger charge is 2.23. The standard InChI is InChI=1S/C17H23N3/c1-12-4-6-15(7-5-12)17-13(2)16(19-20(17)3)14-8-10-18-11-9-14/h4-7,14,18H,8-11H2,1-3H3. The summed E-state index contributed by atoms with van der Waals surface area (Å²) in [6, 6.07) is 8.75. The number of aryl methyl sites for hydroxylation is 2. The van der Waals surface area contributed by atoms with Crippen LogP contribution in [-0.2, 0) is 7.05 Å². The molecule has 0 amide bonds. The van der Waals surface area contributed by atoms with E-state index in [1.165, 1.54) is 40.9 Å². The first-order valence-electron chi connectivity index (χ1n) is 7.48. The molecule has 3 nitrogen and oxygen atoms in total. The minimum Gasteiger partial charge on any atom is -0.317 e. The topological polar surface area (TPSA) is 29.9 Å². The van der Waals surface area contributed by atoms with E-state index in [0.717, 1.165) is 13.1 Å². The average molecular weight is 269 g/mol. The Balaban J connectivity index is 1.99. The Labute approximate surface area is 121 Å². The second-order valence-electron chi connectivity index (χ2n) is 5.87. The normalized spacial score (nSPS) is 16.6. The predicted molar refractivity (Wildman–Crippen MR) is 83.0 cm³/mol. The van der Waals surface area contributed by atoms with E-state index in [1.54, 1.807) is 0 Å². The highest BCUT2D eigenvalue weighted by atomic mass is 15.3. The number of hydrogen-bond donors (Lipinski definition) is 1. The zero-order valence-corrected chi connectivity index (χ0v) is 12.6. The molecule has 2 aromatic rings. The van der Waals surface area contributed by atoms with Gasteiger partial charge in [0.2, 0.25) is 0 Å². The Hall–Kier alpha value is -1.61. The van der Waals surface area contributed by atoms with E-state index < -0.39 is 0 Å². The maximum atomic E-state index is 4.82. The Bertz CT molecular complexity index is 589. The smallest absolute Gasteiger partial charge is 0.0711 e. The summed E-state index contributed by atoms with van der Waals surface area (Å²) in [6.45, 7) is 6.57. The van der Waals surface area contributed by atoms with Crippen LogP contribution in [0.15, 0.2) is 24.3 Å². The lowest BCUT2D eigenvalue weighted by atomic mass is 9.91. The van der Waals surface area contributed by atoms with Gasteiger partial charge in [0.05, 0.1) is 11.4 Å². The molecule has 1 aliphatic rings. The molecule has 0 unspecified atom stereocenters. The lowest BCUT2D eigenvalue weighted by Crippen LogP contribution is -2.27. The third-order valence-corrected chi connectivity index (χ3v) is 4.37. The van der Waals surface area contributed by atoms with Crippen molar-refractivity contribution in [1.82, 2.24) is 15.1 Å². The van der Waals surface area contributed by atoms with Gasteiger partial charge in [-0.2, -0.15) is 5.10 Å². The minimum atomic E-state index is 0.613. The summed E-state index contributed by atoms with van der Waals surface area (Å²) in [5, 5.41) is 8.25. The van der Waals surface area contributed by atoms with E-state index in [4.69, 9.17) is 5.10 Å². The first-order valence-corrected chi connectivity index (χ1v) is 7.48. The van der Waals surface area contributed by atoms with Crippen molar-refractivity contribution >= 4 is 0 Å². The first kappa shape index (κ1) is 13.4. The molecule has 2 heterocycles. The summed E-state index contributed by atoms with van der Waals surface area (Å²) < 4.78 is 2.05. The molecule has 0 saturated carbocycles. The largest absolute Gasteiger partial charge is 0.317 e. The van der Waals surface area contributed by atoms with Crippen LogP contribution >= 0.6 is 0 Å². The number of aromatic nitrogens is 2. The van der Waals surface area contributed by atoms with Gasteiger partial charge in [0.1, 0.15) is 0 Å². The van der Waals surface area contributed by atoms with Crippen LogP contribution in [0.2, 0.25) is 0 Å². The highest BCUT2D eigenvalue weighted by molar-refractivity contribution is 5.65. The van der Waals surface area contributed by atoms with E-state index >= 15 is 0 Å². The SMILES string of the molecule is Cc1ccc(-c2c(C)c(C3CCNCC3)nn2C)cc1. The van der Waals surface area contributed by atoms with Gasteiger partial charge >= 0.3 is 0 Å². The molecule has 0 spiro atoms. The van der Waals surface area contributed by atoms with Crippen molar-refractivity contribution in [3.05, 3.63) is 41.1 Å². The second-order valence-corrected chi connectivity index (χ2v) is 5.87. The Morgan fingerprint density at radius 2 is 1.75 bits per heavy atom. The molecule has 3 heteroatoms. The molecule has 0 atom stereocenters. The molecule has 1 aromatic heterocycles. The molecule has 3 rings (SSSR count). The third-order valence-electron chi connectivity index (χ3n) is 4.37. The fraction of sp³-hybridized carbons (Fsp3) is 0.471. The van der Waals surface area contributed by atoms with Crippen LogP contribution in [0.1, 0.15) is 35.6 Å². The third kappa shape index (κ3) is 2.38. The molecule has 0 radical (unpaired) electrons. The van der Waals surface area contributed by atoms with Gasteiger partial charge in [0.25, 0.3) is 0 Å². The summed E-state index contributed by atoms with van der Waals surface area (Å²) in [5.41, 5.74) is 6.47. The van der Waals surface area contributed by atoms with E-state index in [9.17, 15) is 0 Å². The van der Waals surface area contributed by atoms with Crippen LogP contribution < -0.4 is 5.32 Å². The van der Waals surface area contributed by atoms with Gasteiger partial charge in [0, 0.05) is 18.5 Å². The Morgan fingerprint density at radius 3 is 2.40 bits per heavy atom. The number of nitrogens with one attached hydrogen (secondary N) is 1. The summed E-state index contributed by atoms with van der Waals surface area (Å²) in [7, 11) is 2.06. The zero-order valence-electron chi connectivity index (χ0n) is 12.6. The zero-order chi connectivity index (χ0) is 14.1. The van der Waals surface area contributed by atoms with E-state index in [0.29, 0.717) is 5.92 Å². The lowest BCUT2D eigenvalue weighted by Gasteiger charge is -2.21. The van der Waals surface area contributed by atoms with Gasteiger partial charge in [-0.1, -0.05) is 29.8 Å². The molecule has 1 fully saturated rings. The lowest BCUT2D eigenvalue weighted by molar-refractivity contribution is 0.449. The van der Waals surface area contributed by atoms with Crippen molar-refractivity contribution < 1.29 is 0 Å². The second kappa shape index (κ2) is 5.41. The van der Waals surface area contributed by atoms with Crippen LogP contribution in [0.5, 0.6) is 0 Å². The summed E-state index contributed by atoms with van der Waals surface area (Å²) in [5.74, 6) is 0.613. The van der Waals surface area contributed by atoms with Crippen molar-refractivity contribution in [2.75, 3.05) is 13.1 Å². The average Bonchev–Trinajstić information content (AvgIpc) is 2.76. The molecule has 0 bridgehead atoms. The Kier molecular flexibility index (Phi) is 3.62. The highest BCUT2D eigenvalue weighted by Crippen LogP contribution is 2.32. The van der Waals surface area contributed by atoms with Crippen LogP contribution in [0, 0.1) is 13.8 Å². The molecule has 1 saturated heterocycles. The number of rotatable bonds is 2. The van der Waals surface area contributed by atoms with Gasteiger partial charge in [0.15, 0.2) is 0 Å². The number of benzene rings is 1. The maximum absolute atomic E-state index is 4.82. The molecule has 106 valence electrons. The summed E-state index contributed by atoms with van der Waals surface area (Å²) >= 11 is 0. The molecular weight excluding hydrogens is 246 g/mol. The number of nitrogens with zero attached hydrogens (tertiary/aromatic N) is 2. The van der Waals surface area contributed by atoms with E-state index in [1.807, 2.05) is 0 Å². The minimum absolute atomic E-state index is 0.613. The molecule has 20 heavy (non-hydrogen) atoms. The van der Waals surface area contributed by atoms with E-state index in [2.05, 4.69) is 55.2 Å². The van der Waals surface area contributed by atoms with Gasteiger partial charge < -0.3 is 5.32 Å². The van der Waals surface area contributed by atoms with Crippen LogP contribution in [0.3, 0.4) is 0 Å². The molecule has 1 aliphatic heterocycles. The number of piperidine rings is 1. The van der Waals surface area contributed by atoms with Crippen LogP contribution in [-0.4, -0.2) is 22.9 Å². The molecular formula is C17H23N3. The van der Waals surface area contributed by atoms with Gasteiger partial charge in [-0.05, 0) is 45.3 Å². The van der Waals surface area contributed by atoms with E-state index in [-0.39, 0.29) is 0 Å². The van der Waals surface area contributed by atoms with Crippen molar-refractivity contribution in [3.63, 3.8) is 0 Å². The molecule has 1 N–H and O–H groups in total. The van der Waals surface area contributed by atoms with Crippen LogP contribution in [0.4, 0.5) is 0 Å². The summed E-state index contributed by atoms with van der Waals surface area (Å²) in [4.78, 5) is 0. The fourth-order valence-corrected chi connectivity index (χ4v) is 3.25. The van der Waals surface area contributed by atoms with Crippen molar-refractivity contribution in [1.29, 1.82) is 0 Å². The number of hydrogen-bond acceptors (Lipinski definition) is 2. The van der Waals surface area contributed by atoms with Gasteiger partial charge in [-0.25, -0.2) is 0 Å². The molecule has 0 aliphatic carbocycles. The fourth-order valence-electron chi connectivity index (χ4n) is 3.25. The Morgan fingerprint density at radius 1 is 1.10 bits per heavy atom. The quantitative estimate of drug-likeness (QED) is 0.907. The van der Waals surface area contributed by atoms with Crippen molar-refractivity contribution in [2.24, 2.45) is 7.05 Å². The monoisotopic (exact) mass is 269 g/mol. The van der Waals surface area contributed by atoms with Gasteiger partial charge in [-0.3, -0.25) is 4.68 Å². The molecule has 1 aromatic carbocycles. The summed E-state index contributed by atoms with van der Waals surface area (Å²) in [6.07, 6.45) is 2.40.